The third-order valence-electron chi connectivity index (χ3n) is 2.68. The maximum atomic E-state index is 4.20. The smallest absolute Gasteiger partial charge is 0.0117 e. The van der Waals surface area contributed by atoms with Crippen LogP contribution in [0.5, 0.6) is 0 Å². The summed E-state index contributed by atoms with van der Waals surface area (Å²) in [6.45, 7) is 13.3. The number of hydrogen-bond acceptors (Lipinski definition) is 1. The van der Waals surface area contributed by atoms with Gasteiger partial charge >= 0.3 is 0 Å². The van der Waals surface area contributed by atoms with Crippen molar-refractivity contribution in [1.82, 2.24) is 0 Å². The number of thioether (sulfide) groups is 1. The summed E-state index contributed by atoms with van der Waals surface area (Å²) in [7, 11) is 0. The van der Waals surface area contributed by atoms with Gasteiger partial charge in [0.05, 0.1) is 0 Å². The summed E-state index contributed by atoms with van der Waals surface area (Å²) < 4.78 is 0. The third kappa shape index (κ3) is 4.92. The molecule has 0 fully saturated rings. The number of hydrogen-bond donors (Lipinski definition) is 0. The van der Waals surface area contributed by atoms with Crippen LogP contribution in [0.2, 0.25) is 0 Å². The van der Waals surface area contributed by atoms with Gasteiger partial charge in [0, 0.05) is 0 Å². The van der Waals surface area contributed by atoms with E-state index >= 15 is 0 Å². The van der Waals surface area contributed by atoms with E-state index in [-0.39, 0.29) is 0 Å². The SMILES string of the molecule is C=C(CC(C)(C)C)SC1=C(C)CCCC1. The maximum Gasteiger partial charge on any atom is -0.0117 e. The molecule has 0 N–H and O–H groups in total. The second-order valence-corrected chi connectivity index (χ2v) is 7.06. The first kappa shape index (κ1) is 12.9. The Labute approximate surface area is 99.2 Å². The summed E-state index contributed by atoms with van der Waals surface area (Å²) in [6.07, 6.45) is 6.43. The summed E-state index contributed by atoms with van der Waals surface area (Å²) in [5, 5.41) is 0. The van der Waals surface area contributed by atoms with Crippen LogP contribution in [-0.4, -0.2) is 0 Å². The van der Waals surface area contributed by atoms with Gasteiger partial charge in [-0.15, -0.1) is 0 Å². The lowest BCUT2D eigenvalue weighted by molar-refractivity contribution is 0.418. The summed E-state index contributed by atoms with van der Waals surface area (Å²) in [5.41, 5.74) is 1.97. The quantitative estimate of drug-likeness (QED) is 0.608. The predicted octanol–water partition coefficient (Wildman–Crippen LogP) is 5.52. The van der Waals surface area contributed by atoms with Gasteiger partial charge in [0.1, 0.15) is 0 Å². The highest BCUT2D eigenvalue weighted by Crippen LogP contribution is 2.39. The lowest BCUT2D eigenvalue weighted by Crippen LogP contribution is -2.05. The molecule has 1 rings (SSSR count). The molecule has 0 radical (unpaired) electrons. The highest BCUT2D eigenvalue weighted by molar-refractivity contribution is 8.06. The molecule has 1 heteroatoms. The molecule has 0 aromatic carbocycles. The molecule has 0 atom stereocenters. The maximum absolute atomic E-state index is 4.20. The van der Waals surface area contributed by atoms with Crippen molar-refractivity contribution in [3.63, 3.8) is 0 Å². The van der Waals surface area contributed by atoms with Crippen molar-refractivity contribution in [3.05, 3.63) is 22.0 Å². The summed E-state index contributed by atoms with van der Waals surface area (Å²) in [5.74, 6) is 0. The van der Waals surface area contributed by atoms with Crippen LogP contribution in [0.4, 0.5) is 0 Å². The standard InChI is InChI=1S/C14H24S/c1-11-8-6-7-9-13(11)15-12(2)10-14(3,4)5/h2,6-10H2,1,3-5H3. The van der Waals surface area contributed by atoms with Crippen LogP contribution in [0.1, 0.15) is 59.8 Å². The van der Waals surface area contributed by atoms with Crippen molar-refractivity contribution in [2.45, 2.75) is 59.8 Å². The zero-order valence-electron chi connectivity index (χ0n) is 10.7. The second-order valence-electron chi connectivity index (χ2n) is 5.79. The van der Waals surface area contributed by atoms with Gasteiger partial charge in [-0.3, -0.25) is 0 Å². The van der Waals surface area contributed by atoms with E-state index in [4.69, 9.17) is 0 Å². The van der Waals surface area contributed by atoms with Gasteiger partial charge in [-0.05, 0) is 54.3 Å². The van der Waals surface area contributed by atoms with Gasteiger partial charge in [0.25, 0.3) is 0 Å². The van der Waals surface area contributed by atoms with E-state index in [0.717, 1.165) is 6.42 Å². The molecule has 86 valence electrons. The summed E-state index contributed by atoms with van der Waals surface area (Å²) in [4.78, 5) is 2.93. The first-order valence-corrected chi connectivity index (χ1v) is 6.74. The molecule has 0 amide bonds. The lowest BCUT2D eigenvalue weighted by Gasteiger charge is -2.22. The molecule has 0 unspecified atom stereocenters. The van der Waals surface area contributed by atoms with Crippen molar-refractivity contribution in [1.29, 1.82) is 0 Å². The van der Waals surface area contributed by atoms with Crippen LogP contribution in [0.3, 0.4) is 0 Å². The van der Waals surface area contributed by atoms with E-state index in [1.807, 2.05) is 11.8 Å². The highest BCUT2D eigenvalue weighted by Gasteiger charge is 2.15. The van der Waals surface area contributed by atoms with Gasteiger partial charge in [-0.2, -0.15) is 0 Å². The molecular formula is C14H24S. The molecule has 0 saturated carbocycles. The molecule has 0 aromatic rings. The average Bonchev–Trinajstić information content (AvgIpc) is 2.05. The molecule has 0 saturated heterocycles. The fraction of sp³-hybridized carbons (Fsp3) is 0.714. The fourth-order valence-electron chi connectivity index (χ4n) is 1.97. The van der Waals surface area contributed by atoms with E-state index in [1.165, 1.54) is 30.6 Å². The van der Waals surface area contributed by atoms with Crippen LogP contribution in [0.25, 0.3) is 0 Å². The average molecular weight is 224 g/mol. The Morgan fingerprint density at radius 2 is 1.87 bits per heavy atom. The van der Waals surface area contributed by atoms with E-state index in [2.05, 4.69) is 34.3 Å². The largest absolute Gasteiger partial charge is 0.0997 e. The van der Waals surface area contributed by atoms with Crippen LogP contribution < -0.4 is 0 Å². The Morgan fingerprint density at radius 3 is 2.40 bits per heavy atom. The lowest BCUT2D eigenvalue weighted by atomic mass is 9.92. The number of allylic oxidation sites excluding steroid dienone is 3. The Balaban J connectivity index is 2.51. The van der Waals surface area contributed by atoms with E-state index in [0.29, 0.717) is 5.41 Å². The molecular weight excluding hydrogens is 200 g/mol. The molecule has 0 nitrogen and oxygen atoms in total. The minimum Gasteiger partial charge on any atom is -0.0997 e. The van der Waals surface area contributed by atoms with Gasteiger partial charge in [-0.1, -0.05) is 44.7 Å². The zero-order valence-corrected chi connectivity index (χ0v) is 11.5. The summed E-state index contributed by atoms with van der Waals surface area (Å²) in [6, 6.07) is 0. The van der Waals surface area contributed by atoms with Crippen LogP contribution in [-0.2, 0) is 0 Å². The van der Waals surface area contributed by atoms with Gasteiger partial charge < -0.3 is 0 Å². The predicted molar refractivity (Wildman–Crippen MR) is 72.0 cm³/mol. The monoisotopic (exact) mass is 224 g/mol. The molecule has 1 aliphatic rings. The fourth-order valence-corrected chi connectivity index (χ4v) is 3.34. The Hall–Kier alpha value is -0.170. The van der Waals surface area contributed by atoms with E-state index < -0.39 is 0 Å². The molecule has 15 heavy (non-hydrogen) atoms. The van der Waals surface area contributed by atoms with Crippen LogP contribution in [0, 0.1) is 5.41 Å². The topological polar surface area (TPSA) is 0 Å². The molecule has 0 bridgehead atoms. The van der Waals surface area contributed by atoms with Crippen molar-refractivity contribution >= 4 is 11.8 Å². The van der Waals surface area contributed by atoms with Crippen molar-refractivity contribution < 1.29 is 0 Å². The first-order valence-electron chi connectivity index (χ1n) is 5.93. The molecule has 0 aromatic heterocycles. The highest BCUT2D eigenvalue weighted by atomic mass is 32.2. The Morgan fingerprint density at radius 1 is 1.27 bits per heavy atom. The normalized spacial score (nSPS) is 18.1. The van der Waals surface area contributed by atoms with Crippen molar-refractivity contribution in [2.24, 2.45) is 5.41 Å². The third-order valence-corrected chi connectivity index (χ3v) is 3.91. The summed E-state index contributed by atoms with van der Waals surface area (Å²) >= 11 is 1.94. The van der Waals surface area contributed by atoms with Crippen LogP contribution in [0.15, 0.2) is 22.0 Å². The van der Waals surface area contributed by atoms with Gasteiger partial charge in [-0.25, -0.2) is 0 Å². The minimum atomic E-state index is 0.368. The van der Waals surface area contributed by atoms with Crippen LogP contribution >= 0.6 is 11.8 Å². The van der Waals surface area contributed by atoms with Crippen molar-refractivity contribution in [2.75, 3.05) is 0 Å². The zero-order chi connectivity index (χ0) is 11.5. The molecule has 0 heterocycles. The molecule has 0 aliphatic heterocycles. The van der Waals surface area contributed by atoms with Gasteiger partial charge in [0.2, 0.25) is 0 Å². The first-order chi connectivity index (χ1) is 6.88. The van der Waals surface area contributed by atoms with E-state index in [1.54, 1.807) is 10.5 Å². The molecule has 1 aliphatic carbocycles. The van der Waals surface area contributed by atoms with Crippen molar-refractivity contribution in [3.8, 4) is 0 Å². The van der Waals surface area contributed by atoms with E-state index in [9.17, 15) is 0 Å². The minimum absolute atomic E-state index is 0.368. The molecule has 0 spiro atoms. The Kier molecular flexibility index (Phi) is 4.51. The second kappa shape index (κ2) is 5.25. The van der Waals surface area contributed by atoms with Gasteiger partial charge in [0.15, 0.2) is 0 Å². The Bertz CT molecular complexity index is 266. The number of rotatable bonds is 3.